The molecule has 2 aromatic carbocycles. The summed E-state index contributed by atoms with van der Waals surface area (Å²) in [6.45, 7) is 0.897. The molecule has 1 N–H and O–H groups in total. The molecular formula is C22H18N4O. The maximum Gasteiger partial charge on any atom is 0.257 e. The van der Waals surface area contributed by atoms with Crippen molar-refractivity contribution in [1.82, 2.24) is 4.98 Å². The summed E-state index contributed by atoms with van der Waals surface area (Å²) >= 11 is 0. The number of anilines is 3. The van der Waals surface area contributed by atoms with Gasteiger partial charge in [0.25, 0.3) is 5.91 Å². The van der Waals surface area contributed by atoms with Gasteiger partial charge in [0.15, 0.2) is 0 Å². The van der Waals surface area contributed by atoms with Crippen LogP contribution in [0, 0.1) is 11.3 Å². The molecule has 0 unspecified atom stereocenters. The third-order valence-corrected chi connectivity index (χ3v) is 4.66. The van der Waals surface area contributed by atoms with Crippen molar-refractivity contribution in [3.8, 4) is 6.07 Å². The number of benzene rings is 2. The summed E-state index contributed by atoms with van der Waals surface area (Å²) < 4.78 is 0. The number of pyridine rings is 1. The van der Waals surface area contributed by atoms with E-state index in [1.807, 2.05) is 12.1 Å². The van der Waals surface area contributed by atoms with E-state index in [2.05, 4.69) is 39.5 Å². The maximum atomic E-state index is 12.6. The van der Waals surface area contributed by atoms with Gasteiger partial charge in [-0.3, -0.25) is 9.78 Å². The zero-order valence-electron chi connectivity index (χ0n) is 14.7. The van der Waals surface area contributed by atoms with Gasteiger partial charge >= 0.3 is 0 Å². The van der Waals surface area contributed by atoms with Gasteiger partial charge in [0.05, 0.1) is 29.1 Å². The number of nitriles is 1. The molecule has 1 aromatic heterocycles. The van der Waals surface area contributed by atoms with Gasteiger partial charge in [0.2, 0.25) is 0 Å². The van der Waals surface area contributed by atoms with E-state index in [9.17, 15) is 4.79 Å². The molecule has 27 heavy (non-hydrogen) atoms. The Bertz CT molecular complexity index is 1040. The first-order valence-electron chi connectivity index (χ1n) is 8.86. The number of nitrogens with one attached hydrogen (secondary N) is 1. The van der Waals surface area contributed by atoms with Crippen LogP contribution in [0.4, 0.5) is 17.1 Å². The van der Waals surface area contributed by atoms with Gasteiger partial charge in [-0.25, -0.2) is 0 Å². The summed E-state index contributed by atoms with van der Waals surface area (Å²) in [5, 5.41) is 11.8. The molecule has 1 amide bonds. The highest BCUT2D eigenvalue weighted by molar-refractivity contribution is 6.04. The van der Waals surface area contributed by atoms with Crippen LogP contribution in [0.15, 0.2) is 67.0 Å². The summed E-state index contributed by atoms with van der Waals surface area (Å²) in [4.78, 5) is 19.1. The minimum atomic E-state index is -0.246. The molecule has 3 aromatic rings. The number of para-hydroxylation sites is 1. The fourth-order valence-electron chi connectivity index (χ4n) is 3.37. The van der Waals surface area contributed by atoms with E-state index in [0.29, 0.717) is 16.8 Å². The number of carbonyl (C=O) groups excluding carboxylic acids is 1. The lowest BCUT2D eigenvalue weighted by molar-refractivity contribution is 0.102. The standard InChI is InChI=1S/C22H18N4O/c23-13-16-5-3-8-19(11-16)25-22(27)18-12-20(15-24-14-18)26-10-4-7-17-6-1-2-9-21(17)26/h1-3,5-6,8-9,11-12,14-15H,4,7,10H2,(H,25,27). The summed E-state index contributed by atoms with van der Waals surface area (Å²) in [6.07, 6.45) is 5.47. The van der Waals surface area contributed by atoms with Crippen molar-refractivity contribution < 1.29 is 4.79 Å². The molecule has 0 radical (unpaired) electrons. The first-order chi connectivity index (χ1) is 13.2. The predicted octanol–water partition coefficient (Wildman–Crippen LogP) is 4.29. The Kier molecular flexibility index (Phi) is 4.54. The highest BCUT2D eigenvalue weighted by Gasteiger charge is 2.19. The number of carbonyl (C=O) groups is 1. The monoisotopic (exact) mass is 354 g/mol. The van der Waals surface area contributed by atoms with E-state index in [1.54, 1.807) is 36.7 Å². The second-order valence-corrected chi connectivity index (χ2v) is 6.46. The van der Waals surface area contributed by atoms with E-state index < -0.39 is 0 Å². The Labute approximate surface area is 157 Å². The molecule has 2 heterocycles. The highest BCUT2D eigenvalue weighted by atomic mass is 16.1. The molecule has 0 saturated carbocycles. The average molecular weight is 354 g/mol. The number of hydrogen-bond donors (Lipinski definition) is 1. The third-order valence-electron chi connectivity index (χ3n) is 4.66. The summed E-state index contributed by atoms with van der Waals surface area (Å²) in [6, 6.07) is 19.1. The number of fused-ring (bicyclic) bond motifs is 1. The number of aromatic nitrogens is 1. The Balaban J connectivity index is 1.60. The topological polar surface area (TPSA) is 69.0 Å². The number of nitrogens with zero attached hydrogens (tertiary/aromatic N) is 3. The normalized spacial score (nSPS) is 12.8. The number of hydrogen-bond acceptors (Lipinski definition) is 4. The number of amides is 1. The van der Waals surface area contributed by atoms with Crippen molar-refractivity contribution >= 4 is 23.0 Å². The molecule has 0 aliphatic carbocycles. The molecule has 0 saturated heterocycles. The Morgan fingerprint density at radius 1 is 1.11 bits per heavy atom. The molecule has 0 spiro atoms. The van der Waals surface area contributed by atoms with Crippen molar-refractivity contribution in [2.45, 2.75) is 12.8 Å². The number of aryl methyl sites for hydroxylation is 1. The lowest BCUT2D eigenvalue weighted by atomic mass is 10.0. The van der Waals surface area contributed by atoms with E-state index in [0.717, 1.165) is 25.1 Å². The maximum absolute atomic E-state index is 12.6. The first kappa shape index (κ1) is 16.8. The lowest BCUT2D eigenvalue weighted by Gasteiger charge is -2.31. The molecule has 1 aliphatic heterocycles. The molecule has 5 nitrogen and oxygen atoms in total. The fourth-order valence-corrected chi connectivity index (χ4v) is 3.37. The Morgan fingerprint density at radius 3 is 2.89 bits per heavy atom. The highest BCUT2D eigenvalue weighted by Crippen LogP contribution is 2.33. The largest absolute Gasteiger partial charge is 0.340 e. The van der Waals surface area contributed by atoms with Crippen LogP contribution in [0.25, 0.3) is 0 Å². The Morgan fingerprint density at radius 2 is 2.00 bits per heavy atom. The predicted molar refractivity (Wildman–Crippen MR) is 105 cm³/mol. The summed E-state index contributed by atoms with van der Waals surface area (Å²) in [5.74, 6) is -0.246. The minimum Gasteiger partial charge on any atom is -0.340 e. The zero-order chi connectivity index (χ0) is 18.6. The van der Waals surface area contributed by atoms with E-state index in [4.69, 9.17) is 5.26 Å². The second kappa shape index (κ2) is 7.30. The van der Waals surface area contributed by atoms with E-state index >= 15 is 0 Å². The van der Waals surface area contributed by atoms with Gasteiger partial charge in [0.1, 0.15) is 0 Å². The van der Waals surface area contributed by atoms with Gasteiger partial charge in [-0.05, 0) is 48.7 Å². The van der Waals surface area contributed by atoms with Gasteiger partial charge in [0, 0.05) is 24.1 Å². The Hall–Kier alpha value is -3.65. The van der Waals surface area contributed by atoms with Crippen LogP contribution in [0.2, 0.25) is 0 Å². The van der Waals surface area contributed by atoms with Crippen molar-refractivity contribution in [1.29, 1.82) is 5.26 Å². The van der Waals surface area contributed by atoms with Gasteiger partial charge < -0.3 is 10.2 Å². The summed E-state index contributed by atoms with van der Waals surface area (Å²) in [7, 11) is 0. The SMILES string of the molecule is N#Cc1cccc(NC(=O)c2cncc(N3CCCc4ccccc43)c2)c1. The van der Waals surface area contributed by atoms with Crippen LogP contribution < -0.4 is 10.2 Å². The van der Waals surface area contributed by atoms with Gasteiger partial charge in [-0.1, -0.05) is 24.3 Å². The van der Waals surface area contributed by atoms with Crippen molar-refractivity contribution in [3.63, 3.8) is 0 Å². The molecule has 0 atom stereocenters. The van der Waals surface area contributed by atoms with Crippen LogP contribution in [-0.4, -0.2) is 17.4 Å². The molecular weight excluding hydrogens is 336 g/mol. The molecule has 5 heteroatoms. The molecule has 1 aliphatic rings. The fraction of sp³-hybridized carbons (Fsp3) is 0.136. The van der Waals surface area contributed by atoms with Crippen molar-refractivity contribution in [2.24, 2.45) is 0 Å². The number of rotatable bonds is 3. The van der Waals surface area contributed by atoms with Crippen LogP contribution in [0.3, 0.4) is 0 Å². The van der Waals surface area contributed by atoms with Crippen LogP contribution in [-0.2, 0) is 6.42 Å². The van der Waals surface area contributed by atoms with Crippen LogP contribution in [0.1, 0.15) is 27.9 Å². The molecule has 132 valence electrons. The van der Waals surface area contributed by atoms with Crippen LogP contribution in [0.5, 0.6) is 0 Å². The van der Waals surface area contributed by atoms with Crippen molar-refractivity contribution in [3.05, 3.63) is 83.7 Å². The van der Waals surface area contributed by atoms with Gasteiger partial charge in [-0.2, -0.15) is 5.26 Å². The zero-order valence-corrected chi connectivity index (χ0v) is 14.7. The summed E-state index contributed by atoms with van der Waals surface area (Å²) in [5.41, 5.74) is 4.97. The third kappa shape index (κ3) is 3.51. The average Bonchev–Trinajstić information content (AvgIpc) is 2.73. The quantitative estimate of drug-likeness (QED) is 0.762. The lowest BCUT2D eigenvalue weighted by Crippen LogP contribution is -2.25. The molecule has 4 rings (SSSR count). The molecule has 0 bridgehead atoms. The van der Waals surface area contributed by atoms with E-state index in [1.165, 1.54) is 11.3 Å². The molecule has 0 fully saturated rings. The van der Waals surface area contributed by atoms with Crippen molar-refractivity contribution in [2.75, 3.05) is 16.8 Å². The van der Waals surface area contributed by atoms with Crippen LogP contribution >= 0.6 is 0 Å². The first-order valence-corrected chi connectivity index (χ1v) is 8.86. The van der Waals surface area contributed by atoms with E-state index in [-0.39, 0.29) is 5.91 Å². The second-order valence-electron chi connectivity index (χ2n) is 6.46. The minimum absolute atomic E-state index is 0.246. The van der Waals surface area contributed by atoms with Gasteiger partial charge in [-0.15, -0.1) is 0 Å². The smallest absolute Gasteiger partial charge is 0.257 e.